The molecule has 6 heteroatoms. The van der Waals surface area contributed by atoms with Crippen LogP contribution in [0.3, 0.4) is 0 Å². The first-order chi connectivity index (χ1) is 13.2. The Kier molecular flexibility index (Phi) is 6.52. The van der Waals surface area contributed by atoms with Crippen molar-refractivity contribution in [2.75, 3.05) is 31.1 Å². The monoisotopic (exact) mass is 369 g/mol. The Morgan fingerprint density at radius 1 is 1.19 bits per heavy atom. The number of rotatable bonds is 7. The normalized spacial score (nSPS) is 14.8. The molecular formula is C21H27N3O3. The van der Waals surface area contributed by atoms with Crippen molar-refractivity contribution in [2.45, 2.75) is 26.2 Å². The lowest BCUT2D eigenvalue weighted by atomic mass is 9.93. The first-order valence-corrected chi connectivity index (χ1v) is 9.56. The summed E-state index contributed by atoms with van der Waals surface area (Å²) < 4.78 is 5.48. The van der Waals surface area contributed by atoms with E-state index in [-0.39, 0.29) is 0 Å². The van der Waals surface area contributed by atoms with Crippen LogP contribution in [0.15, 0.2) is 42.6 Å². The van der Waals surface area contributed by atoms with Gasteiger partial charge in [0.25, 0.3) is 0 Å². The van der Waals surface area contributed by atoms with Crippen LogP contribution in [0.25, 0.3) is 11.1 Å². The van der Waals surface area contributed by atoms with Crippen molar-refractivity contribution >= 4 is 11.9 Å². The molecule has 0 aliphatic carbocycles. The van der Waals surface area contributed by atoms with Crippen molar-refractivity contribution in [1.82, 2.24) is 10.3 Å². The maximum absolute atomic E-state index is 10.5. The lowest BCUT2D eigenvalue weighted by molar-refractivity contribution is 0.193. The van der Waals surface area contributed by atoms with Gasteiger partial charge in [0.15, 0.2) is 0 Å². The second-order valence-electron chi connectivity index (χ2n) is 6.81. The lowest BCUT2D eigenvalue weighted by Gasteiger charge is -2.32. The minimum absolute atomic E-state index is 0.537. The van der Waals surface area contributed by atoms with E-state index in [0.29, 0.717) is 19.1 Å². The number of ether oxygens (including phenoxy) is 1. The van der Waals surface area contributed by atoms with Gasteiger partial charge >= 0.3 is 6.09 Å². The van der Waals surface area contributed by atoms with Crippen LogP contribution >= 0.6 is 0 Å². The maximum Gasteiger partial charge on any atom is 0.404 e. The average molecular weight is 369 g/mol. The summed E-state index contributed by atoms with van der Waals surface area (Å²) in [4.78, 5) is 17.5. The molecule has 1 aliphatic heterocycles. The largest absolute Gasteiger partial charge is 0.494 e. The number of anilines is 1. The Morgan fingerprint density at radius 3 is 2.48 bits per heavy atom. The lowest BCUT2D eigenvalue weighted by Crippen LogP contribution is -2.35. The smallest absolute Gasteiger partial charge is 0.404 e. The molecule has 1 amide bonds. The summed E-state index contributed by atoms with van der Waals surface area (Å²) in [5.74, 6) is 2.47. The highest BCUT2D eigenvalue weighted by Gasteiger charge is 2.20. The number of amides is 1. The van der Waals surface area contributed by atoms with Crippen molar-refractivity contribution < 1.29 is 14.6 Å². The third-order valence-electron chi connectivity index (χ3n) is 5.01. The maximum atomic E-state index is 10.5. The summed E-state index contributed by atoms with van der Waals surface area (Å²) in [6.07, 6.45) is 4.04. The first kappa shape index (κ1) is 19.0. The van der Waals surface area contributed by atoms with Crippen molar-refractivity contribution in [3.63, 3.8) is 0 Å². The van der Waals surface area contributed by atoms with Crippen LogP contribution in [-0.2, 0) is 0 Å². The zero-order chi connectivity index (χ0) is 19.1. The minimum Gasteiger partial charge on any atom is -0.494 e. The first-order valence-electron chi connectivity index (χ1n) is 9.56. The zero-order valence-electron chi connectivity index (χ0n) is 15.7. The average Bonchev–Trinajstić information content (AvgIpc) is 2.69. The van der Waals surface area contributed by atoms with Crippen LogP contribution < -0.4 is 15.0 Å². The van der Waals surface area contributed by atoms with Crippen LogP contribution in [0.5, 0.6) is 5.75 Å². The molecule has 0 atom stereocenters. The molecule has 144 valence electrons. The molecule has 0 bridgehead atoms. The van der Waals surface area contributed by atoms with Gasteiger partial charge in [-0.2, -0.15) is 0 Å². The molecule has 1 aromatic heterocycles. The van der Waals surface area contributed by atoms with Crippen molar-refractivity contribution in [3.05, 3.63) is 42.6 Å². The van der Waals surface area contributed by atoms with Gasteiger partial charge in [-0.05, 0) is 61.9 Å². The fraction of sp³-hybridized carbons (Fsp3) is 0.429. The SMILES string of the molecule is CCOc1ccc(-c2ccc(N3CCC(CCNC(=O)O)CC3)nc2)cc1. The van der Waals surface area contributed by atoms with Gasteiger partial charge in [0.05, 0.1) is 6.61 Å². The van der Waals surface area contributed by atoms with E-state index in [1.165, 1.54) is 0 Å². The molecule has 1 saturated heterocycles. The Hall–Kier alpha value is -2.76. The van der Waals surface area contributed by atoms with Crippen molar-refractivity contribution in [2.24, 2.45) is 5.92 Å². The highest BCUT2D eigenvalue weighted by atomic mass is 16.5. The number of nitrogens with zero attached hydrogens (tertiary/aromatic N) is 2. The zero-order valence-corrected chi connectivity index (χ0v) is 15.7. The van der Waals surface area contributed by atoms with E-state index < -0.39 is 6.09 Å². The van der Waals surface area contributed by atoms with Crippen molar-refractivity contribution in [3.8, 4) is 16.9 Å². The summed E-state index contributed by atoms with van der Waals surface area (Å²) in [6.45, 7) is 5.12. The fourth-order valence-corrected chi connectivity index (χ4v) is 3.49. The molecular weight excluding hydrogens is 342 g/mol. The summed E-state index contributed by atoms with van der Waals surface area (Å²) in [6, 6.07) is 12.3. The Balaban J connectivity index is 1.53. The van der Waals surface area contributed by atoms with Gasteiger partial charge in [-0.15, -0.1) is 0 Å². The summed E-state index contributed by atoms with van der Waals surface area (Å²) in [7, 11) is 0. The quantitative estimate of drug-likeness (QED) is 0.771. The van der Waals surface area contributed by atoms with E-state index in [1.807, 2.05) is 25.3 Å². The van der Waals surface area contributed by atoms with Crippen LogP contribution in [-0.4, -0.2) is 42.4 Å². The number of aromatic nitrogens is 1. The number of carboxylic acid groups (broad SMARTS) is 1. The van der Waals surface area contributed by atoms with E-state index in [0.717, 1.165) is 55.0 Å². The number of nitrogens with one attached hydrogen (secondary N) is 1. The molecule has 3 rings (SSSR count). The predicted molar refractivity (Wildman–Crippen MR) is 106 cm³/mol. The van der Waals surface area contributed by atoms with E-state index in [2.05, 4.69) is 39.5 Å². The second kappa shape index (κ2) is 9.26. The van der Waals surface area contributed by atoms with Gasteiger partial charge in [0.2, 0.25) is 0 Å². The molecule has 6 nitrogen and oxygen atoms in total. The van der Waals surface area contributed by atoms with E-state index >= 15 is 0 Å². The van der Waals surface area contributed by atoms with E-state index in [1.54, 1.807) is 0 Å². The number of carbonyl (C=O) groups is 1. The molecule has 0 spiro atoms. The van der Waals surface area contributed by atoms with Gasteiger partial charge < -0.3 is 20.1 Å². The van der Waals surface area contributed by atoms with Crippen LogP contribution in [0.4, 0.5) is 10.6 Å². The molecule has 2 aromatic rings. The molecule has 1 fully saturated rings. The molecule has 1 aliphatic rings. The summed E-state index contributed by atoms with van der Waals surface area (Å²) in [5, 5.41) is 11.1. The highest BCUT2D eigenvalue weighted by Crippen LogP contribution is 2.26. The van der Waals surface area contributed by atoms with Gasteiger partial charge in [-0.3, -0.25) is 0 Å². The summed E-state index contributed by atoms with van der Waals surface area (Å²) >= 11 is 0. The fourth-order valence-electron chi connectivity index (χ4n) is 3.49. The highest BCUT2D eigenvalue weighted by molar-refractivity contribution is 5.65. The van der Waals surface area contributed by atoms with Crippen LogP contribution in [0, 0.1) is 5.92 Å². The Bertz CT molecular complexity index is 723. The summed E-state index contributed by atoms with van der Waals surface area (Å²) in [5.41, 5.74) is 2.22. The minimum atomic E-state index is -0.941. The molecule has 2 N–H and O–H groups in total. The van der Waals surface area contributed by atoms with Crippen molar-refractivity contribution in [1.29, 1.82) is 0 Å². The third kappa shape index (κ3) is 5.36. The predicted octanol–water partition coefficient (Wildman–Crippen LogP) is 4.02. The van der Waals surface area contributed by atoms with Crippen LogP contribution in [0.2, 0.25) is 0 Å². The molecule has 27 heavy (non-hydrogen) atoms. The van der Waals surface area contributed by atoms with Gasteiger partial charge in [-0.1, -0.05) is 12.1 Å². The van der Waals surface area contributed by atoms with Gasteiger partial charge in [0.1, 0.15) is 11.6 Å². The third-order valence-corrected chi connectivity index (χ3v) is 5.01. The van der Waals surface area contributed by atoms with E-state index in [4.69, 9.17) is 9.84 Å². The van der Waals surface area contributed by atoms with Crippen LogP contribution in [0.1, 0.15) is 26.2 Å². The Morgan fingerprint density at radius 2 is 1.89 bits per heavy atom. The number of pyridine rings is 1. The number of hydrogen-bond donors (Lipinski definition) is 2. The number of piperidine rings is 1. The molecule has 0 saturated carbocycles. The van der Waals surface area contributed by atoms with Gasteiger partial charge in [0, 0.05) is 31.4 Å². The number of benzene rings is 1. The molecule has 1 aromatic carbocycles. The molecule has 0 unspecified atom stereocenters. The number of hydrogen-bond acceptors (Lipinski definition) is 4. The topological polar surface area (TPSA) is 74.7 Å². The molecule has 2 heterocycles. The standard InChI is InChI=1S/C21H27N3O3/c1-2-27-19-6-3-17(4-7-19)18-5-8-20(23-15-18)24-13-10-16(11-14-24)9-12-22-21(25)26/h3-8,15-16,22H,2,9-14H2,1H3,(H,25,26). The second-order valence-corrected chi connectivity index (χ2v) is 6.81. The van der Waals surface area contributed by atoms with E-state index in [9.17, 15) is 4.79 Å². The Labute approximate surface area is 160 Å². The van der Waals surface area contributed by atoms with Gasteiger partial charge in [-0.25, -0.2) is 9.78 Å². The molecule has 0 radical (unpaired) electrons.